The predicted octanol–water partition coefficient (Wildman–Crippen LogP) is 3.13. The molecule has 0 radical (unpaired) electrons. The van der Waals surface area contributed by atoms with E-state index < -0.39 is 23.1 Å². The van der Waals surface area contributed by atoms with Crippen LogP contribution in [0.2, 0.25) is 0 Å². The van der Waals surface area contributed by atoms with Gasteiger partial charge in [-0.25, -0.2) is 9.59 Å². The van der Waals surface area contributed by atoms with E-state index in [9.17, 15) is 9.59 Å². The number of epoxide rings is 2. The second-order valence-electron chi connectivity index (χ2n) is 7.30. The highest BCUT2D eigenvalue weighted by Crippen LogP contribution is 2.51. The summed E-state index contributed by atoms with van der Waals surface area (Å²) in [5.41, 5.74) is -0.122. The molecule has 2 aliphatic heterocycles. The van der Waals surface area contributed by atoms with Gasteiger partial charge in [0.2, 0.25) is 0 Å². The van der Waals surface area contributed by atoms with Crippen molar-refractivity contribution < 1.29 is 28.5 Å². The van der Waals surface area contributed by atoms with Crippen LogP contribution in [0, 0.1) is 0 Å². The van der Waals surface area contributed by atoms with Crippen molar-refractivity contribution in [1.29, 1.82) is 0 Å². The first-order valence-electron chi connectivity index (χ1n) is 9.25. The average Bonchev–Trinajstić information content (AvgIpc) is 3.62. The number of carbonyl (C=O) groups is 2. The number of rotatable bonds is 7. The predicted molar refractivity (Wildman–Crippen MR) is 99.3 cm³/mol. The first-order chi connectivity index (χ1) is 13.4. The molecule has 4 atom stereocenters. The van der Waals surface area contributed by atoms with Crippen molar-refractivity contribution >= 4 is 11.9 Å². The number of benzene rings is 2. The third-order valence-corrected chi connectivity index (χ3v) is 5.18. The Labute approximate surface area is 163 Å². The molecule has 2 aliphatic rings. The summed E-state index contributed by atoms with van der Waals surface area (Å²) in [4.78, 5) is 24.6. The summed E-state index contributed by atoms with van der Waals surface area (Å²) in [5, 5.41) is 0. The maximum absolute atomic E-state index is 12.3. The fourth-order valence-corrected chi connectivity index (χ4v) is 3.32. The lowest BCUT2D eigenvalue weighted by molar-refractivity contribution is -0.158. The fourth-order valence-electron chi connectivity index (χ4n) is 3.32. The molecule has 4 unspecified atom stereocenters. The highest BCUT2D eigenvalue weighted by atomic mass is 16.7. The Kier molecular flexibility index (Phi) is 4.69. The summed E-state index contributed by atoms with van der Waals surface area (Å²) in [6, 6.07) is 19.0. The van der Waals surface area contributed by atoms with E-state index in [4.69, 9.17) is 18.9 Å². The molecule has 28 heavy (non-hydrogen) atoms. The van der Waals surface area contributed by atoms with Crippen molar-refractivity contribution in [3.8, 4) is 0 Å². The highest BCUT2D eigenvalue weighted by Gasteiger charge is 2.61. The Balaban J connectivity index is 1.21. The van der Waals surface area contributed by atoms with E-state index in [1.807, 2.05) is 60.7 Å². The monoisotopic (exact) mass is 382 g/mol. The van der Waals surface area contributed by atoms with Gasteiger partial charge in [-0.3, -0.25) is 0 Å². The molecular weight excluding hydrogens is 360 g/mol. The fraction of sp³-hybridized carbons (Fsp3) is 0.364. The smallest absolute Gasteiger partial charge is 0.341 e. The van der Waals surface area contributed by atoms with Crippen molar-refractivity contribution in [1.82, 2.24) is 0 Å². The molecule has 2 aromatic carbocycles. The van der Waals surface area contributed by atoms with E-state index in [1.54, 1.807) is 13.8 Å². The molecule has 0 amide bonds. The molecule has 0 saturated carbocycles. The number of esters is 2. The van der Waals surface area contributed by atoms with Gasteiger partial charge in [-0.15, -0.1) is 0 Å². The van der Waals surface area contributed by atoms with Gasteiger partial charge in [-0.05, 0) is 25.0 Å². The van der Waals surface area contributed by atoms with Gasteiger partial charge in [0.15, 0.2) is 11.2 Å². The Morgan fingerprint density at radius 2 is 1.11 bits per heavy atom. The lowest BCUT2D eigenvalue weighted by atomic mass is 10.0. The quantitative estimate of drug-likeness (QED) is 0.416. The molecule has 0 N–H and O–H groups in total. The number of carbonyl (C=O) groups excluding carboxylic acids is 2. The third kappa shape index (κ3) is 3.41. The second-order valence-corrected chi connectivity index (χ2v) is 7.30. The third-order valence-electron chi connectivity index (χ3n) is 5.18. The molecule has 6 heteroatoms. The zero-order valence-corrected chi connectivity index (χ0v) is 15.8. The summed E-state index contributed by atoms with van der Waals surface area (Å²) in [7, 11) is 0. The van der Waals surface area contributed by atoms with E-state index in [2.05, 4.69) is 0 Å². The van der Waals surface area contributed by atoms with Crippen LogP contribution >= 0.6 is 0 Å². The zero-order chi connectivity index (χ0) is 19.8. The highest BCUT2D eigenvalue weighted by molar-refractivity contribution is 5.84. The standard InChI is InChI=1S/C22H22O6/c1-21(17(27-21)15-9-5-3-6-10-15)19(23)25-13-14-26-20(24)22(2)18(28-22)16-11-7-4-8-12-16/h3-12,17-18H,13-14H2,1-2H3. The van der Waals surface area contributed by atoms with E-state index in [0.29, 0.717) is 0 Å². The van der Waals surface area contributed by atoms with Crippen LogP contribution in [0.4, 0.5) is 0 Å². The van der Waals surface area contributed by atoms with Crippen molar-refractivity contribution in [3.63, 3.8) is 0 Å². The van der Waals surface area contributed by atoms with Crippen LogP contribution < -0.4 is 0 Å². The first kappa shape index (κ1) is 18.7. The van der Waals surface area contributed by atoms with Gasteiger partial charge in [0.1, 0.15) is 25.4 Å². The summed E-state index contributed by atoms with van der Waals surface area (Å²) >= 11 is 0. The lowest BCUT2D eigenvalue weighted by Gasteiger charge is -2.10. The van der Waals surface area contributed by atoms with Gasteiger partial charge in [0, 0.05) is 0 Å². The van der Waals surface area contributed by atoms with E-state index >= 15 is 0 Å². The normalized spacial score (nSPS) is 30.4. The summed E-state index contributed by atoms with van der Waals surface area (Å²) in [6.45, 7) is 3.33. The molecule has 4 rings (SSSR count). The molecule has 2 heterocycles. The zero-order valence-electron chi connectivity index (χ0n) is 15.8. The molecule has 0 spiro atoms. The van der Waals surface area contributed by atoms with Crippen LogP contribution in [0.5, 0.6) is 0 Å². The van der Waals surface area contributed by atoms with Crippen LogP contribution in [0.1, 0.15) is 37.2 Å². The molecule has 0 bridgehead atoms. The summed E-state index contributed by atoms with van der Waals surface area (Å²) in [6.07, 6.45) is -0.622. The average molecular weight is 382 g/mol. The van der Waals surface area contributed by atoms with Gasteiger partial charge < -0.3 is 18.9 Å². The van der Waals surface area contributed by atoms with E-state index in [0.717, 1.165) is 11.1 Å². The van der Waals surface area contributed by atoms with Gasteiger partial charge >= 0.3 is 11.9 Å². The molecule has 2 aromatic rings. The van der Waals surface area contributed by atoms with Crippen molar-refractivity contribution in [3.05, 3.63) is 71.8 Å². The van der Waals surface area contributed by atoms with Crippen LogP contribution in [0.25, 0.3) is 0 Å². The molecule has 6 nitrogen and oxygen atoms in total. The maximum Gasteiger partial charge on any atom is 0.341 e. The van der Waals surface area contributed by atoms with Crippen LogP contribution in [0.3, 0.4) is 0 Å². The molecule has 0 aromatic heterocycles. The summed E-state index contributed by atoms with van der Waals surface area (Å²) < 4.78 is 21.6. The van der Waals surface area contributed by atoms with Gasteiger partial charge in [0.25, 0.3) is 0 Å². The van der Waals surface area contributed by atoms with Crippen molar-refractivity contribution in [2.45, 2.75) is 37.3 Å². The lowest BCUT2D eigenvalue weighted by Crippen LogP contribution is -2.28. The van der Waals surface area contributed by atoms with E-state index in [-0.39, 0.29) is 25.4 Å². The maximum atomic E-state index is 12.3. The first-order valence-corrected chi connectivity index (χ1v) is 9.25. The number of hydrogen-bond acceptors (Lipinski definition) is 6. The Morgan fingerprint density at radius 3 is 1.46 bits per heavy atom. The van der Waals surface area contributed by atoms with Crippen LogP contribution in [-0.2, 0) is 28.5 Å². The van der Waals surface area contributed by atoms with Crippen LogP contribution in [0.15, 0.2) is 60.7 Å². The SMILES string of the molecule is CC1(C(=O)OCCOC(=O)C2(C)OC2c2ccccc2)OC1c1ccccc1. The van der Waals surface area contributed by atoms with Gasteiger partial charge in [-0.1, -0.05) is 60.7 Å². The van der Waals surface area contributed by atoms with E-state index in [1.165, 1.54) is 0 Å². The number of ether oxygens (including phenoxy) is 4. The molecule has 2 saturated heterocycles. The van der Waals surface area contributed by atoms with Gasteiger partial charge in [-0.2, -0.15) is 0 Å². The molecule has 146 valence electrons. The minimum Gasteiger partial charge on any atom is -0.460 e. The van der Waals surface area contributed by atoms with Crippen LogP contribution in [-0.4, -0.2) is 36.4 Å². The molecular formula is C22H22O6. The minimum atomic E-state index is -0.991. The Hall–Kier alpha value is -2.70. The number of hydrogen-bond donors (Lipinski definition) is 0. The van der Waals surface area contributed by atoms with Crippen molar-refractivity contribution in [2.75, 3.05) is 13.2 Å². The Bertz CT molecular complexity index is 794. The second kappa shape index (κ2) is 7.04. The Morgan fingerprint density at radius 1 is 0.750 bits per heavy atom. The molecule has 2 fully saturated rings. The summed E-state index contributed by atoms with van der Waals surface area (Å²) in [5.74, 6) is -0.929. The molecule has 0 aliphatic carbocycles. The largest absolute Gasteiger partial charge is 0.460 e. The minimum absolute atomic E-state index is 0.0306. The topological polar surface area (TPSA) is 77.7 Å². The van der Waals surface area contributed by atoms with Crippen molar-refractivity contribution in [2.24, 2.45) is 0 Å². The van der Waals surface area contributed by atoms with Gasteiger partial charge in [0.05, 0.1) is 0 Å².